The molecule has 4 heteroatoms. The predicted octanol–water partition coefficient (Wildman–Crippen LogP) is 2.09. The van der Waals surface area contributed by atoms with Gasteiger partial charge in [0.1, 0.15) is 12.1 Å². The molecule has 0 bridgehead atoms. The van der Waals surface area contributed by atoms with Crippen molar-refractivity contribution in [2.45, 2.75) is 6.92 Å². The number of nitrogens with one attached hydrogen (secondary N) is 1. The number of nitrogens with zero attached hydrogens (tertiary/aromatic N) is 2. The summed E-state index contributed by atoms with van der Waals surface area (Å²) in [6.45, 7) is 1.98. The van der Waals surface area contributed by atoms with Crippen molar-refractivity contribution in [3.05, 3.63) is 30.5 Å². The average Bonchev–Trinajstić information content (AvgIpc) is 2.71. The Kier molecular flexibility index (Phi) is 2.18. The smallest absolute Gasteiger partial charge is 0.132 e. The Balaban J connectivity index is 2.54. The van der Waals surface area contributed by atoms with Crippen LogP contribution in [0.4, 0.5) is 5.82 Å². The van der Waals surface area contributed by atoms with E-state index in [1.165, 1.54) is 0 Å². The minimum absolute atomic E-state index is 0.844. The Morgan fingerprint density at radius 1 is 1.36 bits per heavy atom. The zero-order chi connectivity index (χ0) is 9.97. The second-order valence-electron chi connectivity index (χ2n) is 2.96. The maximum absolute atomic E-state index is 5.02. The van der Waals surface area contributed by atoms with Gasteiger partial charge in [-0.15, -0.1) is 0 Å². The van der Waals surface area contributed by atoms with E-state index in [2.05, 4.69) is 15.3 Å². The van der Waals surface area contributed by atoms with E-state index in [-0.39, 0.29) is 0 Å². The molecular formula is C10H11N3O. The molecular weight excluding hydrogens is 178 g/mol. The van der Waals surface area contributed by atoms with E-state index in [1.54, 1.807) is 18.9 Å². The molecule has 1 N–H and O–H groups in total. The first-order chi connectivity index (χ1) is 6.83. The maximum atomic E-state index is 5.02. The average molecular weight is 189 g/mol. The summed E-state index contributed by atoms with van der Waals surface area (Å²) in [5, 5.41) is 3.02. The number of anilines is 1. The fourth-order valence-electron chi connectivity index (χ4n) is 1.39. The van der Waals surface area contributed by atoms with Crippen LogP contribution in [0.15, 0.2) is 29.3 Å². The Hall–Kier alpha value is -1.84. The molecule has 0 aliphatic rings. The fourth-order valence-corrected chi connectivity index (χ4v) is 1.39. The SMILES string of the molecule is CNc1ncnc(-c2ccoc2)c1C. The molecule has 2 rings (SSSR count). The van der Waals surface area contributed by atoms with Gasteiger partial charge in [-0.05, 0) is 13.0 Å². The van der Waals surface area contributed by atoms with E-state index < -0.39 is 0 Å². The van der Waals surface area contributed by atoms with Gasteiger partial charge in [-0.25, -0.2) is 9.97 Å². The van der Waals surface area contributed by atoms with Crippen molar-refractivity contribution >= 4 is 5.82 Å². The molecule has 0 aromatic carbocycles. The van der Waals surface area contributed by atoms with Crippen molar-refractivity contribution in [1.82, 2.24) is 9.97 Å². The lowest BCUT2D eigenvalue weighted by molar-refractivity contribution is 0.568. The highest BCUT2D eigenvalue weighted by Gasteiger charge is 2.08. The largest absolute Gasteiger partial charge is 0.472 e. The van der Waals surface area contributed by atoms with E-state index in [1.807, 2.05) is 20.0 Å². The first-order valence-corrected chi connectivity index (χ1v) is 4.35. The zero-order valence-electron chi connectivity index (χ0n) is 8.11. The predicted molar refractivity (Wildman–Crippen MR) is 54.0 cm³/mol. The Bertz CT molecular complexity index is 423. The van der Waals surface area contributed by atoms with Crippen LogP contribution >= 0.6 is 0 Å². The summed E-state index contributed by atoms with van der Waals surface area (Å²) >= 11 is 0. The van der Waals surface area contributed by atoms with Gasteiger partial charge in [0.05, 0.1) is 18.2 Å². The molecule has 0 saturated heterocycles. The van der Waals surface area contributed by atoms with Crippen LogP contribution in [0.3, 0.4) is 0 Å². The van der Waals surface area contributed by atoms with Crippen LogP contribution in [0.25, 0.3) is 11.3 Å². The van der Waals surface area contributed by atoms with Gasteiger partial charge < -0.3 is 9.73 Å². The highest BCUT2D eigenvalue weighted by atomic mass is 16.3. The molecule has 14 heavy (non-hydrogen) atoms. The van der Waals surface area contributed by atoms with E-state index >= 15 is 0 Å². The van der Waals surface area contributed by atoms with Crippen molar-refractivity contribution in [3.63, 3.8) is 0 Å². The van der Waals surface area contributed by atoms with Crippen molar-refractivity contribution in [2.75, 3.05) is 12.4 Å². The number of furan rings is 1. The molecule has 0 atom stereocenters. The first kappa shape index (κ1) is 8.74. The number of rotatable bonds is 2. The van der Waals surface area contributed by atoms with Gasteiger partial charge in [0.15, 0.2) is 0 Å². The van der Waals surface area contributed by atoms with Crippen molar-refractivity contribution < 1.29 is 4.42 Å². The van der Waals surface area contributed by atoms with Crippen LogP contribution in [-0.2, 0) is 0 Å². The number of aromatic nitrogens is 2. The highest BCUT2D eigenvalue weighted by Crippen LogP contribution is 2.24. The van der Waals surface area contributed by atoms with Gasteiger partial charge >= 0.3 is 0 Å². The normalized spacial score (nSPS) is 10.1. The number of hydrogen-bond donors (Lipinski definition) is 1. The minimum atomic E-state index is 0.844. The molecule has 0 radical (unpaired) electrons. The lowest BCUT2D eigenvalue weighted by Gasteiger charge is -2.06. The second kappa shape index (κ2) is 3.49. The van der Waals surface area contributed by atoms with E-state index in [4.69, 9.17) is 4.42 Å². The summed E-state index contributed by atoms with van der Waals surface area (Å²) in [4.78, 5) is 8.33. The lowest BCUT2D eigenvalue weighted by Crippen LogP contribution is -1.98. The molecule has 4 nitrogen and oxygen atoms in total. The van der Waals surface area contributed by atoms with Crippen molar-refractivity contribution in [3.8, 4) is 11.3 Å². The lowest BCUT2D eigenvalue weighted by atomic mass is 10.1. The van der Waals surface area contributed by atoms with E-state index in [9.17, 15) is 0 Å². The van der Waals surface area contributed by atoms with E-state index in [0.717, 1.165) is 22.6 Å². The Labute approximate surface area is 82.0 Å². The fraction of sp³-hybridized carbons (Fsp3) is 0.200. The maximum Gasteiger partial charge on any atom is 0.132 e. The summed E-state index contributed by atoms with van der Waals surface area (Å²) in [6.07, 6.45) is 4.85. The molecule has 2 aromatic rings. The van der Waals surface area contributed by atoms with Gasteiger partial charge in [0.2, 0.25) is 0 Å². The molecule has 72 valence electrons. The van der Waals surface area contributed by atoms with Crippen LogP contribution in [0.1, 0.15) is 5.56 Å². The summed E-state index contributed by atoms with van der Waals surface area (Å²) in [5.74, 6) is 0.844. The van der Waals surface area contributed by atoms with Gasteiger partial charge in [0, 0.05) is 18.2 Å². The molecule has 0 fully saturated rings. The molecule has 0 aliphatic carbocycles. The standard InChI is InChI=1S/C10H11N3O/c1-7-9(8-3-4-14-5-8)12-6-13-10(7)11-2/h3-6H,1-2H3,(H,11,12,13). The monoisotopic (exact) mass is 189 g/mol. The van der Waals surface area contributed by atoms with Gasteiger partial charge in [-0.2, -0.15) is 0 Å². The number of hydrogen-bond acceptors (Lipinski definition) is 4. The molecule has 2 aromatic heterocycles. The Morgan fingerprint density at radius 2 is 2.21 bits per heavy atom. The minimum Gasteiger partial charge on any atom is -0.472 e. The summed E-state index contributed by atoms with van der Waals surface area (Å²) < 4.78 is 5.02. The van der Waals surface area contributed by atoms with Gasteiger partial charge in [0.25, 0.3) is 0 Å². The quantitative estimate of drug-likeness (QED) is 0.785. The molecule has 0 aliphatic heterocycles. The molecule has 2 heterocycles. The molecule has 0 unspecified atom stereocenters. The van der Waals surface area contributed by atoms with Gasteiger partial charge in [-0.3, -0.25) is 0 Å². The van der Waals surface area contributed by atoms with Crippen LogP contribution in [0.5, 0.6) is 0 Å². The summed E-state index contributed by atoms with van der Waals surface area (Å²) in [7, 11) is 1.84. The van der Waals surface area contributed by atoms with Gasteiger partial charge in [-0.1, -0.05) is 0 Å². The third-order valence-corrected chi connectivity index (χ3v) is 2.12. The van der Waals surface area contributed by atoms with Crippen LogP contribution in [0.2, 0.25) is 0 Å². The van der Waals surface area contributed by atoms with Crippen LogP contribution in [0, 0.1) is 6.92 Å². The third-order valence-electron chi connectivity index (χ3n) is 2.12. The topological polar surface area (TPSA) is 51.0 Å². The van der Waals surface area contributed by atoms with E-state index in [0.29, 0.717) is 0 Å². The summed E-state index contributed by atoms with van der Waals surface area (Å²) in [6, 6.07) is 1.88. The first-order valence-electron chi connectivity index (χ1n) is 4.35. The molecule has 0 saturated carbocycles. The van der Waals surface area contributed by atoms with Crippen LogP contribution in [-0.4, -0.2) is 17.0 Å². The van der Waals surface area contributed by atoms with Crippen molar-refractivity contribution in [1.29, 1.82) is 0 Å². The third kappa shape index (κ3) is 1.35. The molecule has 0 spiro atoms. The zero-order valence-corrected chi connectivity index (χ0v) is 8.11. The van der Waals surface area contributed by atoms with Crippen molar-refractivity contribution in [2.24, 2.45) is 0 Å². The molecule has 0 amide bonds. The van der Waals surface area contributed by atoms with Crippen LogP contribution < -0.4 is 5.32 Å². The Morgan fingerprint density at radius 3 is 2.86 bits per heavy atom. The highest BCUT2D eigenvalue weighted by molar-refractivity contribution is 5.66. The second-order valence-corrected chi connectivity index (χ2v) is 2.96. The summed E-state index contributed by atoms with van der Waals surface area (Å²) in [5.41, 5.74) is 2.90.